The molecule has 2 aromatic rings. The predicted octanol–water partition coefficient (Wildman–Crippen LogP) is 3.42. The topological polar surface area (TPSA) is 30.7 Å². The van der Waals surface area contributed by atoms with Crippen molar-refractivity contribution in [3.05, 3.63) is 23.7 Å². The molecule has 0 unspecified atom stereocenters. The van der Waals surface area contributed by atoms with Gasteiger partial charge in [0.1, 0.15) is 11.3 Å². The summed E-state index contributed by atoms with van der Waals surface area (Å²) in [6, 6.07) is 2.02. The molecule has 0 radical (unpaired) electrons. The second-order valence-corrected chi connectivity index (χ2v) is 6.89. The standard InChI is InChI=1S/C14H18ClN3S/c1-10-4-8-16-13-12(10)17-11(3-7-15)18(13)9-14(19-2)5-6-14/h4,8H,3,5-7,9H2,1-2H3. The minimum absolute atomic E-state index is 0.403. The summed E-state index contributed by atoms with van der Waals surface area (Å²) < 4.78 is 2.69. The van der Waals surface area contributed by atoms with Crippen molar-refractivity contribution in [1.29, 1.82) is 0 Å². The average Bonchev–Trinajstić information content (AvgIpc) is 3.10. The molecular weight excluding hydrogens is 278 g/mol. The van der Waals surface area contributed by atoms with E-state index < -0.39 is 0 Å². The van der Waals surface area contributed by atoms with Crippen LogP contribution in [0.15, 0.2) is 12.3 Å². The van der Waals surface area contributed by atoms with E-state index in [1.54, 1.807) is 0 Å². The highest BCUT2D eigenvalue weighted by Crippen LogP contribution is 2.49. The maximum absolute atomic E-state index is 5.92. The zero-order chi connectivity index (χ0) is 13.5. The van der Waals surface area contributed by atoms with Crippen LogP contribution in [0.1, 0.15) is 24.2 Å². The molecule has 1 saturated carbocycles. The second-order valence-electron chi connectivity index (χ2n) is 5.24. The van der Waals surface area contributed by atoms with Crippen LogP contribution in [-0.2, 0) is 13.0 Å². The number of thioether (sulfide) groups is 1. The molecule has 3 rings (SSSR count). The Morgan fingerprint density at radius 2 is 2.26 bits per heavy atom. The number of imidazole rings is 1. The first-order valence-corrected chi connectivity index (χ1v) is 8.37. The first kappa shape index (κ1) is 13.3. The average molecular weight is 296 g/mol. The molecule has 3 nitrogen and oxygen atoms in total. The van der Waals surface area contributed by atoms with Crippen molar-refractivity contribution in [3.8, 4) is 0 Å². The van der Waals surface area contributed by atoms with Gasteiger partial charge in [-0.05, 0) is 37.7 Å². The molecule has 0 atom stereocenters. The molecule has 2 heterocycles. The fraction of sp³-hybridized carbons (Fsp3) is 0.571. The highest BCUT2D eigenvalue weighted by molar-refractivity contribution is 8.00. The Morgan fingerprint density at radius 1 is 1.47 bits per heavy atom. The zero-order valence-electron chi connectivity index (χ0n) is 11.3. The monoisotopic (exact) mass is 295 g/mol. The van der Waals surface area contributed by atoms with Crippen LogP contribution in [0.3, 0.4) is 0 Å². The zero-order valence-corrected chi connectivity index (χ0v) is 12.9. The molecule has 1 aliphatic carbocycles. The van der Waals surface area contributed by atoms with Gasteiger partial charge in [0.2, 0.25) is 0 Å². The highest BCUT2D eigenvalue weighted by atomic mass is 35.5. The van der Waals surface area contributed by atoms with Crippen molar-refractivity contribution in [2.24, 2.45) is 0 Å². The lowest BCUT2D eigenvalue weighted by atomic mass is 10.3. The van der Waals surface area contributed by atoms with E-state index in [-0.39, 0.29) is 0 Å². The molecule has 102 valence electrons. The van der Waals surface area contributed by atoms with Gasteiger partial charge in [-0.1, -0.05) is 0 Å². The highest BCUT2D eigenvalue weighted by Gasteiger charge is 2.43. The Hall–Kier alpha value is -0.740. The minimum Gasteiger partial charge on any atom is -0.311 e. The number of fused-ring (bicyclic) bond motifs is 1. The second kappa shape index (κ2) is 4.98. The maximum atomic E-state index is 5.92. The van der Waals surface area contributed by atoms with Crippen LogP contribution >= 0.6 is 23.4 Å². The summed E-state index contributed by atoms with van der Waals surface area (Å²) in [5.41, 5.74) is 3.23. The third-order valence-corrected chi connectivity index (χ3v) is 5.51. The Labute approximate surface area is 122 Å². The number of halogens is 1. The van der Waals surface area contributed by atoms with Gasteiger partial charge in [-0.25, -0.2) is 9.97 Å². The van der Waals surface area contributed by atoms with Gasteiger partial charge in [-0.2, -0.15) is 11.8 Å². The molecule has 19 heavy (non-hydrogen) atoms. The van der Waals surface area contributed by atoms with Crippen LogP contribution in [0, 0.1) is 6.92 Å². The van der Waals surface area contributed by atoms with Crippen LogP contribution in [0.25, 0.3) is 11.2 Å². The fourth-order valence-electron chi connectivity index (χ4n) is 2.48. The third kappa shape index (κ3) is 2.36. The molecule has 0 N–H and O–H groups in total. The van der Waals surface area contributed by atoms with Gasteiger partial charge in [0.25, 0.3) is 0 Å². The van der Waals surface area contributed by atoms with Gasteiger partial charge in [-0.3, -0.25) is 0 Å². The van der Waals surface area contributed by atoms with Crippen LogP contribution in [0.2, 0.25) is 0 Å². The van der Waals surface area contributed by atoms with Crippen LogP contribution in [-0.4, -0.2) is 31.4 Å². The number of aromatic nitrogens is 3. The molecule has 1 aliphatic rings. The number of alkyl halides is 1. The van der Waals surface area contributed by atoms with Gasteiger partial charge >= 0.3 is 0 Å². The van der Waals surface area contributed by atoms with E-state index in [9.17, 15) is 0 Å². The van der Waals surface area contributed by atoms with Gasteiger partial charge in [0.15, 0.2) is 5.65 Å². The van der Waals surface area contributed by atoms with Crippen LogP contribution in [0.4, 0.5) is 0 Å². The summed E-state index contributed by atoms with van der Waals surface area (Å²) >= 11 is 7.88. The molecule has 2 aromatic heterocycles. The quantitative estimate of drug-likeness (QED) is 0.792. The fourth-order valence-corrected chi connectivity index (χ4v) is 3.42. The van der Waals surface area contributed by atoms with E-state index in [0.29, 0.717) is 10.6 Å². The SMILES string of the molecule is CSC1(Cn2c(CCCl)nc3c(C)ccnc32)CC1. The van der Waals surface area contributed by atoms with E-state index in [1.807, 2.05) is 24.0 Å². The van der Waals surface area contributed by atoms with E-state index in [0.717, 1.165) is 30.0 Å². The molecule has 5 heteroatoms. The molecule has 0 amide bonds. The van der Waals surface area contributed by atoms with Gasteiger partial charge in [-0.15, -0.1) is 11.6 Å². The van der Waals surface area contributed by atoms with E-state index >= 15 is 0 Å². The number of aryl methyl sites for hydroxylation is 2. The predicted molar refractivity (Wildman–Crippen MR) is 82.2 cm³/mol. The van der Waals surface area contributed by atoms with Gasteiger partial charge in [0.05, 0.1) is 0 Å². The Bertz CT molecular complexity index is 604. The summed E-state index contributed by atoms with van der Waals surface area (Å²) in [5, 5.41) is 0. The number of hydrogen-bond donors (Lipinski definition) is 0. The molecule has 0 spiro atoms. The van der Waals surface area contributed by atoms with Crippen molar-refractivity contribution in [2.75, 3.05) is 12.1 Å². The Balaban J connectivity index is 2.08. The number of rotatable bonds is 5. The molecular formula is C14H18ClN3S. The lowest BCUT2D eigenvalue weighted by Crippen LogP contribution is -2.16. The van der Waals surface area contributed by atoms with E-state index in [4.69, 9.17) is 16.6 Å². The summed E-state index contributed by atoms with van der Waals surface area (Å²) in [6.07, 6.45) is 7.47. The number of hydrogen-bond acceptors (Lipinski definition) is 3. The van der Waals surface area contributed by atoms with Gasteiger partial charge in [0, 0.05) is 29.8 Å². The normalized spacial score (nSPS) is 17.0. The maximum Gasteiger partial charge on any atom is 0.160 e. The molecule has 1 fully saturated rings. The first-order valence-electron chi connectivity index (χ1n) is 6.61. The van der Waals surface area contributed by atoms with Crippen molar-refractivity contribution in [1.82, 2.24) is 14.5 Å². The third-order valence-electron chi connectivity index (χ3n) is 3.92. The Morgan fingerprint density at radius 3 is 2.89 bits per heavy atom. The number of pyridine rings is 1. The first-order chi connectivity index (χ1) is 9.19. The summed E-state index contributed by atoms with van der Waals surface area (Å²) in [4.78, 5) is 9.29. The smallest absolute Gasteiger partial charge is 0.160 e. The van der Waals surface area contributed by atoms with Crippen molar-refractivity contribution >= 4 is 34.5 Å². The lowest BCUT2D eigenvalue weighted by Gasteiger charge is -2.15. The number of nitrogens with zero attached hydrogens (tertiary/aromatic N) is 3. The lowest BCUT2D eigenvalue weighted by molar-refractivity contribution is 0.640. The summed E-state index contributed by atoms with van der Waals surface area (Å²) in [7, 11) is 0. The molecule has 0 aromatic carbocycles. The molecule has 0 bridgehead atoms. The molecule has 0 aliphatic heterocycles. The Kier molecular flexibility index (Phi) is 3.48. The van der Waals surface area contributed by atoms with E-state index in [1.165, 1.54) is 18.4 Å². The summed E-state index contributed by atoms with van der Waals surface area (Å²) in [5.74, 6) is 1.68. The van der Waals surface area contributed by atoms with Crippen molar-refractivity contribution in [3.63, 3.8) is 0 Å². The van der Waals surface area contributed by atoms with E-state index in [2.05, 4.69) is 22.7 Å². The molecule has 0 saturated heterocycles. The van der Waals surface area contributed by atoms with Gasteiger partial charge < -0.3 is 4.57 Å². The van der Waals surface area contributed by atoms with Crippen LogP contribution < -0.4 is 0 Å². The summed E-state index contributed by atoms with van der Waals surface area (Å²) in [6.45, 7) is 3.10. The van der Waals surface area contributed by atoms with Crippen LogP contribution in [0.5, 0.6) is 0 Å². The minimum atomic E-state index is 0.403. The largest absolute Gasteiger partial charge is 0.311 e. The van der Waals surface area contributed by atoms with Crippen molar-refractivity contribution in [2.45, 2.75) is 37.5 Å². The van der Waals surface area contributed by atoms with Crippen molar-refractivity contribution < 1.29 is 0 Å².